The number of carbonyl (C=O) groups excluding carboxylic acids is 1. The van der Waals surface area contributed by atoms with Crippen molar-refractivity contribution in [2.24, 2.45) is 5.41 Å². The van der Waals surface area contributed by atoms with Gasteiger partial charge in [0.05, 0.1) is 10.8 Å². The Morgan fingerprint density at radius 1 is 1.27 bits per heavy atom. The number of fused-ring (bicyclic) bond motifs is 1. The molecule has 0 unspecified atom stereocenters. The van der Waals surface area contributed by atoms with Gasteiger partial charge in [0.15, 0.2) is 0 Å². The van der Waals surface area contributed by atoms with Gasteiger partial charge in [0.2, 0.25) is 17.7 Å². The van der Waals surface area contributed by atoms with E-state index < -0.39 is 5.91 Å². The lowest BCUT2D eigenvalue weighted by atomic mass is 9.70. The number of carbonyl (C=O) groups is 1. The van der Waals surface area contributed by atoms with E-state index in [0.717, 1.165) is 27.6 Å². The van der Waals surface area contributed by atoms with Gasteiger partial charge in [-0.25, -0.2) is 14.6 Å². The van der Waals surface area contributed by atoms with Crippen LogP contribution in [0.3, 0.4) is 0 Å². The summed E-state index contributed by atoms with van der Waals surface area (Å²) >= 11 is 3.44. The Morgan fingerprint density at radius 3 is 2.63 bits per heavy atom. The number of aryl methyl sites for hydroxylation is 1. The molecule has 156 valence electrons. The number of halogens is 1. The Bertz CT molecular complexity index is 1170. The van der Waals surface area contributed by atoms with Crippen molar-refractivity contribution in [1.82, 2.24) is 19.7 Å². The van der Waals surface area contributed by atoms with Crippen molar-refractivity contribution in [2.45, 2.75) is 46.3 Å². The van der Waals surface area contributed by atoms with E-state index in [2.05, 4.69) is 50.2 Å². The van der Waals surface area contributed by atoms with Crippen molar-refractivity contribution >= 4 is 38.6 Å². The zero-order chi connectivity index (χ0) is 21.5. The molecule has 1 fully saturated rings. The maximum Gasteiger partial charge on any atom is 0.275 e. The van der Waals surface area contributed by atoms with Gasteiger partial charge in [-0.2, -0.15) is 0 Å². The van der Waals surface area contributed by atoms with Gasteiger partial charge in [0.25, 0.3) is 5.56 Å². The first-order valence-corrected chi connectivity index (χ1v) is 10.4. The summed E-state index contributed by atoms with van der Waals surface area (Å²) in [6.45, 7) is 5.96. The van der Waals surface area contributed by atoms with Crippen LogP contribution in [0.15, 0.2) is 39.9 Å². The molecule has 4 rings (SSSR count). The highest BCUT2D eigenvalue weighted by Crippen LogP contribution is 2.42. The molecule has 2 heterocycles. The molecule has 9 heteroatoms. The summed E-state index contributed by atoms with van der Waals surface area (Å²) in [5.74, 6) is 0.0861. The molecule has 3 aromatic rings. The molecule has 0 radical (unpaired) electrons. The second kappa shape index (κ2) is 7.79. The second-order valence-corrected chi connectivity index (χ2v) is 9.32. The molecular formula is C21H22BrN5O3. The number of nitrogens with zero attached hydrogens (tertiary/aromatic N) is 4. The van der Waals surface area contributed by atoms with Crippen molar-refractivity contribution in [1.29, 1.82) is 0 Å². The van der Waals surface area contributed by atoms with E-state index in [9.17, 15) is 9.59 Å². The van der Waals surface area contributed by atoms with Crippen LogP contribution in [0.25, 0.3) is 10.8 Å². The summed E-state index contributed by atoms with van der Waals surface area (Å²) < 4.78 is 8.06. The van der Waals surface area contributed by atoms with Gasteiger partial charge < -0.3 is 4.74 Å². The number of nitrogens with one attached hydrogen (secondary N) is 1. The van der Waals surface area contributed by atoms with E-state index in [1.165, 1.54) is 0 Å². The number of ether oxygens (including phenoxy) is 1. The molecule has 1 saturated carbocycles. The van der Waals surface area contributed by atoms with Crippen LogP contribution in [0, 0.1) is 12.3 Å². The van der Waals surface area contributed by atoms with Crippen LogP contribution in [0.4, 0.5) is 5.95 Å². The molecule has 8 nitrogen and oxygen atoms in total. The smallest absolute Gasteiger partial charge is 0.275 e. The summed E-state index contributed by atoms with van der Waals surface area (Å²) in [6, 6.07) is 5.30. The molecule has 1 N–H and O–H groups in total. The third kappa shape index (κ3) is 4.35. The van der Waals surface area contributed by atoms with E-state index in [0.29, 0.717) is 16.7 Å². The van der Waals surface area contributed by atoms with Crippen molar-refractivity contribution in [3.05, 3.63) is 51.0 Å². The minimum atomic E-state index is -0.444. The van der Waals surface area contributed by atoms with Gasteiger partial charge >= 0.3 is 0 Å². The monoisotopic (exact) mass is 471 g/mol. The van der Waals surface area contributed by atoms with Gasteiger partial charge in [0.1, 0.15) is 12.6 Å². The van der Waals surface area contributed by atoms with E-state index in [1.807, 2.05) is 13.0 Å². The molecule has 0 spiro atoms. The van der Waals surface area contributed by atoms with Crippen molar-refractivity contribution in [2.75, 3.05) is 5.32 Å². The minimum absolute atomic E-state index is 0.0374. The van der Waals surface area contributed by atoms with Gasteiger partial charge in [0, 0.05) is 16.9 Å². The van der Waals surface area contributed by atoms with Crippen molar-refractivity contribution in [3.8, 4) is 5.88 Å². The molecule has 0 aliphatic heterocycles. The van der Waals surface area contributed by atoms with Crippen LogP contribution < -0.4 is 15.6 Å². The van der Waals surface area contributed by atoms with Crippen LogP contribution >= 0.6 is 15.9 Å². The molecule has 0 saturated heterocycles. The quantitative estimate of drug-likeness (QED) is 0.611. The van der Waals surface area contributed by atoms with Gasteiger partial charge in [-0.3, -0.25) is 14.9 Å². The molecule has 1 amide bonds. The number of hydrogen-bond acceptors (Lipinski definition) is 6. The number of amides is 1. The Hall–Kier alpha value is -2.81. The van der Waals surface area contributed by atoms with Crippen LogP contribution in [0.5, 0.6) is 5.88 Å². The molecule has 1 aromatic carbocycles. The van der Waals surface area contributed by atoms with E-state index in [-0.39, 0.29) is 29.6 Å². The third-order valence-corrected chi connectivity index (χ3v) is 5.55. The Morgan fingerprint density at radius 2 is 1.97 bits per heavy atom. The van der Waals surface area contributed by atoms with Crippen molar-refractivity contribution in [3.63, 3.8) is 0 Å². The maximum absolute atomic E-state index is 12.9. The number of benzene rings is 1. The van der Waals surface area contributed by atoms with Crippen LogP contribution in [-0.4, -0.2) is 31.8 Å². The van der Waals surface area contributed by atoms with E-state index in [4.69, 9.17) is 4.74 Å². The minimum Gasteiger partial charge on any atom is -0.473 e. The molecule has 0 bridgehead atoms. The lowest BCUT2D eigenvalue weighted by molar-refractivity contribution is -0.117. The van der Waals surface area contributed by atoms with Crippen LogP contribution in [-0.2, 0) is 11.3 Å². The van der Waals surface area contributed by atoms with E-state index >= 15 is 0 Å². The summed E-state index contributed by atoms with van der Waals surface area (Å²) in [7, 11) is 0. The molecular weight excluding hydrogens is 450 g/mol. The molecule has 30 heavy (non-hydrogen) atoms. The standard InChI is InChI=1S/C21H22BrN5O3/c1-12-9-23-20(24-10-12)25-17(28)11-27-19(29)15-5-4-13(22)6-16(15)18(26-27)30-14-7-21(2,3)8-14/h4-6,9-10,14H,7-8,11H2,1-3H3,(H,23,24,25,28). The highest BCUT2D eigenvalue weighted by molar-refractivity contribution is 9.10. The average Bonchev–Trinajstić information content (AvgIpc) is 2.65. The zero-order valence-corrected chi connectivity index (χ0v) is 18.6. The fourth-order valence-corrected chi connectivity index (χ4v) is 3.95. The Kier molecular flexibility index (Phi) is 5.31. The first-order valence-electron chi connectivity index (χ1n) is 9.66. The second-order valence-electron chi connectivity index (χ2n) is 8.40. The topological polar surface area (TPSA) is 99.0 Å². The molecule has 1 aliphatic carbocycles. The number of aromatic nitrogens is 4. The summed E-state index contributed by atoms with van der Waals surface area (Å²) in [4.78, 5) is 33.5. The van der Waals surface area contributed by atoms with Gasteiger partial charge in [-0.05, 0) is 48.9 Å². The predicted molar refractivity (Wildman–Crippen MR) is 117 cm³/mol. The van der Waals surface area contributed by atoms with Crippen molar-refractivity contribution < 1.29 is 9.53 Å². The highest BCUT2D eigenvalue weighted by Gasteiger charge is 2.38. The zero-order valence-electron chi connectivity index (χ0n) is 17.0. The maximum atomic E-state index is 12.9. The average molecular weight is 472 g/mol. The van der Waals surface area contributed by atoms with Gasteiger partial charge in [-0.15, -0.1) is 5.10 Å². The highest BCUT2D eigenvalue weighted by atomic mass is 79.9. The predicted octanol–water partition coefficient (Wildman–Crippen LogP) is 3.46. The number of rotatable bonds is 5. The lowest BCUT2D eigenvalue weighted by Crippen LogP contribution is -2.40. The Balaban J connectivity index is 1.63. The van der Waals surface area contributed by atoms with Crippen LogP contribution in [0.1, 0.15) is 32.3 Å². The summed E-state index contributed by atoms with van der Waals surface area (Å²) in [6.07, 6.45) is 5.07. The normalized spacial score (nSPS) is 15.6. The fourth-order valence-electron chi connectivity index (χ4n) is 3.59. The SMILES string of the molecule is Cc1cnc(NC(=O)Cn2nc(OC3CC(C)(C)C3)c3cc(Br)ccc3c2=O)nc1. The molecule has 2 aromatic heterocycles. The number of anilines is 1. The third-order valence-electron chi connectivity index (χ3n) is 5.05. The summed E-state index contributed by atoms with van der Waals surface area (Å²) in [5, 5.41) is 8.02. The first kappa shape index (κ1) is 20.5. The number of hydrogen-bond donors (Lipinski definition) is 1. The Labute approximate surface area is 181 Å². The van der Waals surface area contributed by atoms with Gasteiger partial charge in [-0.1, -0.05) is 29.8 Å². The summed E-state index contributed by atoms with van der Waals surface area (Å²) in [5.41, 5.74) is 0.759. The molecule has 1 aliphatic rings. The fraction of sp³-hybridized carbons (Fsp3) is 0.381. The van der Waals surface area contributed by atoms with E-state index in [1.54, 1.807) is 24.5 Å². The van der Waals surface area contributed by atoms with Crippen LogP contribution in [0.2, 0.25) is 0 Å². The lowest BCUT2D eigenvalue weighted by Gasteiger charge is -2.41. The largest absolute Gasteiger partial charge is 0.473 e. The molecule has 0 atom stereocenters. The first-order chi connectivity index (χ1) is 14.2.